The molecule has 4 heteroatoms. The lowest BCUT2D eigenvalue weighted by molar-refractivity contribution is -0.151. The molecule has 4 nitrogen and oxygen atoms in total. The van der Waals surface area contributed by atoms with Crippen LogP contribution in [0.25, 0.3) is 0 Å². The van der Waals surface area contributed by atoms with Gasteiger partial charge >= 0.3 is 5.97 Å². The van der Waals surface area contributed by atoms with Gasteiger partial charge in [0.2, 0.25) is 0 Å². The normalized spacial score (nSPS) is 29.4. The number of hydrogen-bond donors (Lipinski definition) is 1. The third kappa shape index (κ3) is 3.29. The van der Waals surface area contributed by atoms with Crippen LogP contribution in [-0.2, 0) is 4.79 Å². The van der Waals surface area contributed by atoms with E-state index in [1.807, 2.05) is 13.8 Å². The second kappa shape index (κ2) is 6.23. The maximum absolute atomic E-state index is 11.6. The van der Waals surface area contributed by atoms with Crippen molar-refractivity contribution in [1.29, 1.82) is 0 Å². The van der Waals surface area contributed by atoms with Gasteiger partial charge < -0.3 is 14.9 Å². The maximum Gasteiger partial charge on any atom is 0.311 e. The quantitative estimate of drug-likeness (QED) is 0.799. The molecular formula is C15H28N2O2. The smallest absolute Gasteiger partial charge is 0.311 e. The van der Waals surface area contributed by atoms with E-state index in [1.54, 1.807) is 0 Å². The minimum atomic E-state index is -0.607. The van der Waals surface area contributed by atoms with Crippen molar-refractivity contribution in [2.45, 2.75) is 39.5 Å². The molecule has 0 aromatic rings. The van der Waals surface area contributed by atoms with Gasteiger partial charge in [-0.1, -0.05) is 13.8 Å². The predicted molar refractivity (Wildman–Crippen MR) is 76.3 cm³/mol. The summed E-state index contributed by atoms with van der Waals surface area (Å²) < 4.78 is 0. The zero-order chi connectivity index (χ0) is 13.9. The first kappa shape index (κ1) is 14.8. The van der Waals surface area contributed by atoms with Gasteiger partial charge in [-0.05, 0) is 64.3 Å². The summed E-state index contributed by atoms with van der Waals surface area (Å²) in [6.45, 7) is 10.5. The van der Waals surface area contributed by atoms with Crippen molar-refractivity contribution >= 4 is 5.97 Å². The second-order valence-electron chi connectivity index (χ2n) is 6.54. The molecule has 1 N–H and O–H groups in total. The van der Waals surface area contributed by atoms with Gasteiger partial charge in [0.05, 0.1) is 5.41 Å². The van der Waals surface area contributed by atoms with Crippen LogP contribution in [0.1, 0.15) is 39.5 Å². The van der Waals surface area contributed by atoms with Gasteiger partial charge in [0.25, 0.3) is 0 Å². The van der Waals surface area contributed by atoms with E-state index in [0.29, 0.717) is 0 Å². The lowest BCUT2D eigenvalue weighted by atomic mass is 9.76. The van der Waals surface area contributed by atoms with Crippen molar-refractivity contribution in [3.05, 3.63) is 0 Å². The second-order valence-corrected chi connectivity index (χ2v) is 6.54. The van der Waals surface area contributed by atoms with Gasteiger partial charge in [-0.3, -0.25) is 4.79 Å². The molecule has 19 heavy (non-hydrogen) atoms. The van der Waals surface area contributed by atoms with E-state index in [2.05, 4.69) is 9.80 Å². The van der Waals surface area contributed by atoms with Crippen LogP contribution in [0.2, 0.25) is 0 Å². The Kier molecular flexibility index (Phi) is 4.85. The Morgan fingerprint density at radius 3 is 2.32 bits per heavy atom. The monoisotopic (exact) mass is 268 g/mol. The molecule has 2 rings (SSSR count). The molecule has 2 aliphatic rings. The Morgan fingerprint density at radius 1 is 1.16 bits per heavy atom. The number of carbonyl (C=O) groups is 1. The maximum atomic E-state index is 11.6. The summed E-state index contributed by atoms with van der Waals surface area (Å²) >= 11 is 0. The van der Waals surface area contributed by atoms with Crippen LogP contribution in [0, 0.1) is 11.3 Å². The summed E-state index contributed by atoms with van der Waals surface area (Å²) in [5.41, 5.74) is -0.506. The Morgan fingerprint density at radius 2 is 1.79 bits per heavy atom. The number of carboxylic acids is 1. The lowest BCUT2D eigenvalue weighted by Gasteiger charge is -2.29. The molecule has 1 unspecified atom stereocenters. The molecule has 0 saturated carbocycles. The molecule has 0 aromatic carbocycles. The molecule has 0 bridgehead atoms. The number of likely N-dealkylation sites (tertiary alicyclic amines) is 2. The van der Waals surface area contributed by atoms with Crippen molar-refractivity contribution < 1.29 is 9.90 Å². The Hall–Kier alpha value is -0.610. The summed E-state index contributed by atoms with van der Waals surface area (Å²) in [5, 5.41) is 9.52. The summed E-state index contributed by atoms with van der Waals surface area (Å²) in [6, 6.07) is 0. The predicted octanol–water partition coefficient (Wildman–Crippen LogP) is 1.91. The summed E-state index contributed by atoms with van der Waals surface area (Å²) in [5.74, 6) is -0.391. The molecule has 0 amide bonds. The van der Waals surface area contributed by atoms with E-state index >= 15 is 0 Å². The SMILES string of the molecule is CC(C)C1(C(=O)O)CCN(CCCN2CCCC2)C1. The summed E-state index contributed by atoms with van der Waals surface area (Å²) in [6.07, 6.45) is 4.68. The highest BCUT2D eigenvalue weighted by atomic mass is 16.4. The van der Waals surface area contributed by atoms with E-state index in [0.717, 1.165) is 26.1 Å². The number of aliphatic carboxylic acids is 1. The van der Waals surface area contributed by atoms with E-state index in [4.69, 9.17) is 0 Å². The number of hydrogen-bond acceptors (Lipinski definition) is 3. The first-order chi connectivity index (χ1) is 9.04. The average Bonchev–Trinajstić information content (AvgIpc) is 2.98. The van der Waals surface area contributed by atoms with Crippen LogP contribution in [-0.4, -0.2) is 60.1 Å². The molecule has 0 aromatic heterocycles. The summed E-state index contributed by atoms with van der Waals surface area (Å²) in [4.78, 5) is 16.4. The largest absolute Gasteiger partial charge is 0.481 e. The van der Waals surface area contributed by atoms with Crippen LogP contribution in [0.15, 0.2) is 0 Å². The first-order valence-electron chi connectivity index (χ1n) is 7.73. The van der Waals surface area contributed by atoms with Crippen LogP contribution >= 0.6 is 0 Å². The highest BCUT2D eigenvalue weighted by molar-refractivity contribution is 5.75. The zero-order valence-corrected chi connectivity index (χ0v) is 12.4. The molecule has 0 spiro atoms. The van der Waals surface area contributed by atoms with Crippen LogP contribution in [0.5, 0.6) is 0 Å². The fourth-order valence-corrected chi connectivity index (χ4v) is 3.52. The first-order valence-corrected chi connectivity index (χ1v) is 7.73. The lowest BCUT2D eigenvalue weighted by Crippen LogP contribution is -2.39. The van der Waals surface area contributed by atoms with Crippen molar-refractivity contribution in [1.82, 2.24) is 9.80 Å². The third-order valence-corrected chi connectivity index (χ3v) is 5.06. The fraction of sp³-hybridized carbons (Fsp3) is 0.933. The van der Waals surface area contributed by atoms with Crippen molar-refractivity contribution in [3.8, 4) is 0 Å². The van der Waals surface area contributed by atoms with E-state index < -0.39 is 11.4 Å². The highest BCUT2D eigenvalue weighted by Crippen LogP contribution is 2.38. The molecule has 2 fully saturated rings. The van der Waals surface area contributed by atoms with Crippen LogP contribution < -0.4 is 0 Å². The fourth-order valence-electron chi connectivity index (χ4n) is 3.52. The standard InChI is InChI=1S/C15H28N2O2/c1-13(2)15(14(18)19)6-11-17(12-15)10-5-9-16-7-3-4-8-16/h13H,3-12H2,1-2H3,(H,18,19). The van der Waals surface area contributed by atoms with Crippen molar-refractivity contribution in [2.24, 2.45) is 11.3 Å². The minimum absolute atomic E-state index is 0.216. The van der Waals surface area contributed by atoms with Gasteiger partial charge in [0.15, 0.2) is 0 Å². The molecule has 2 saturated heterocycles. The topological polar surface area (TPSA) is 43.8 Å². The number of carboxylic acid groups (broad SMARTS) is 1. The molecule has 2 aliphatic heterocycles. The number of rotatable bonds is 6. The Bertz CT molecular complexity index is 313. The van der Waals surface area contributed by atoms with E-state index in [-0.39, 0.29) is 5.92 Å². The van der Waals surface area contributed by atoms with Gasteiger partial charge in [0, 0.05) is 6.54 Å². The average molecular weight is 268 g/mol. The molecule has 0 aliphatic carbocycles. The van der Waals surface area contributed by atoms with E-state index in [9.17, 15) is 9.90 Å². The minimum Gasteiger partial charge on any atom is -0.481 e. The number of nitrogens with zero attached hydrogens (tertiary/aromatic N) is 2. The van der Waals surface area contributed by atoms with Crippen molar-refractivity contribution in [2.75, 3.05) is 39.3 Å². The van der Waals surface area contributed by atoms with E-state index in [1.165, 1.54) is 38.9 Å². The highest BCUT2D eigenvalue weighted by Gasteiger charge is 2.46. The Balaban J connectivity index is 1.76. The molecule has 2 heterocycles. The van der Waals surface area contributed by atoms with Crippen molar-refractivity contribution in [3.63, 3.8) is 0 Å². The zero-order valence-electron chi connectivity index (χ0n) is 12.4. The molecule has 1 atom stereocenters. The van der Waals surface area contributed by atoms with Gasteiger partial charge in [-0.2, -0.15) is 0 Å². The van der Waals surface area contributed by atoms with Crippen LogP contribution in [0.4, 0.5) is 0 Å². The van der Waals surface area contributed by atoms with Gasteiger partial charge in [-0.15, -0.1) is 0 Å². The summed E-state index contributed by atoms with van der Waals surface area (Å²) in [7, 11) is 0. The molecule has 0 radical (unpaired) electrons. The molecular weight excluding hydrogens is 240 g/mol. The van der Waals surface area contributed by atoms with Gasteiger partial charge in [-0.25, -0.2) is 0 Å². The Labute approximate surface area is 116 Å². The van der Waals surface area contributed by atoms with Gasteiger partial charge in [0.1, 0.15) is 0 Å². The molecule has 110 valence electrons. The third-order valence-electron chi connectivity index (χ3n) is 5.06. The van der Waals surface area contributed by atoms with Crippen LogP contribution in [0.3, 0.4) is 0 Å².